The minimum atomic E-state index is -0.0787. The summed E-state index contributed by atoms with van der Waals surface area (Å²) in [6, 6.07) is -0.0787. The molecule has 20 heavy (non-hydrogen) atoms. The van der Waals surface area contributed by atoms with E-state index in [1.54, 1.807) is 7.11 Å². The second kappa shape index (κ2) is 7.18. The summed E-state index contributed by atoms with van der Waals surface area (Å²) in [4.78, 5) is 4.51. The lowest BCUT2D eigenvalue weighted by atomic mass is 9.77. The first kappa shape index (κ1) is 15.4. The lowest BCUT2D eigenvalue weighted by Gasteiger charge is -2.29. The molecule has 2 rings (SSSR count). The van der Waals surface area contributed by atoms with Crippen molar-refractivity contribution in [2.75, 3.05) is 13.7 Å². The first-order chi connectivity index (χ1) is 9.60. The van der Waals surface area contributed by atoms with E-state index < -0.39 is 0 Å². The van der Waals surface area contributed by atoms with E-state index in [1.807, 2.05) is 0 Å². The van der Waals surface area contributed by atoms with Gasteiger partial charge < -0.3 is 15.0 Å². The number of rotatable bonds is 6. The Labute approximate surface area is 121 Å². The minimum absolute atomic E-state index is 0.0787. The Bertz CT molecular complexity index is 398. The molecule has 2 N–H and O–H groups in total. The van der Waals surface area contributed by atoms with Crippen LogP contribution in [0.15, 0.2) is 4.52 Å². The van der Waals surface area contributed by atoms with E-state index in [9.17, 15) is 0 Å². The summed E-state index contributed by atoms with van der Waals surface area (Å²) < 4.78 is 10.3. The number of ether oxygens (including phenoxy) is 1. The molecule has 1 aliphatic carbocycles. The van der Waals surface area contributed by atoms with Crippen molar-refractivity contribution in [1.29, 1.82) is 0 Å². The molecule has 1 aromatic heterocycles. The maximum Gasteiger partial charge on any atom is 0.228 e. The first-order valence-electron chi connectivity index (χ1n) is 7.67. The van der Waals surface area contributed by atoms with Crippen LogP contribution in [-0.2, 0) is 11.2 Å². The molecule has 0 aromatic carbocycles. The predicted molar refractivity (Wildman–Crippen MR) is 77.4 cm³/mol. The third kappa shape index (κ3) is 4.03. The average Bonchev–Trinajstić information content (AvgIpc) is 2.87. The van der Waals surface area contributed by atoms with Gasteiger partial charge in [-0.05, 0) is 37.5 Å². The van der Waals surface area contributed by atoms with Crippen LogP contribution >= 0.6 is 0 Å². The molecule has 1 heterocycles. The average molecular weight is 281 g/mol. The molecular formula is C15H27N3O2. The van der Waals surface area contributed by atoms with Gasteiger partial charge in [0, 0.05) is 25.5 Å². The van der Waals surface area contributed by atoms with Crippen LogP contribution in [0.4, 0.5) is 0 Å². The van der Waals surface area contributed by atoms with Crippen molar-refractivity contribution in [2.45, 2.75) is 57.9 Å². The van der Waals surface area contributed by atoms with Crippen molar-refractivity contribution in [3.05, 3.63) is 11.7 Å². The van der Waals surface area contributed by atoms with Crippen molar-refractivity contribution in [3.63, 3.8) is 0 Å². The van der Waals surface area contributed by atoms with Gasteiger partial charge in [-0.2, -0.15) is 4.98 Å². The highest BCUT2D eigenvalue weighted by atomic mass is 16.5. The Hall–Kier alpha value is -0.940. The number of hydrogen-bond acceptors (Lipinski definition) is 5. The van der Waals surface area contributed by atoms with E-state index in [0.717, 1.165) is 17.7 Å². The number of aromatic nitrogens is 2. The molecule has 1 aliphatic rings. The summed E-state index contributed by atoms with van der Waals surface area (Å²) in [7, 11) is 1.65. The van der Waals surface area contributed by atoms with E-state index >= 15 is 0 Å². The Balaban J connectivity index is 1.87. The molecule has 0 radical (unpaired) electrons. The summed E-state index contributed by atoms with van der Waals surface area (Å²) in [6.07, 6.45) is 5.48. The van der Waals surface area contributed by atoms with Crippen molar-refractivity contribution in [2.24, 2.45) is 17.6 Å². The summed E-state index contributed by atoms with van der Waals surface area (Å²) in [6.45, 7) is 5.14. The quantitative estimate of drug-likeness (QED) is 0.867. The highest BCUT2D eigenvalue weighted by Gasteiger charge is 2.27. The molecule has 0 aliphatic heterocycles. The van der Waals surface area contributed by atoms with Crippen molar-refractivity contribution in [1.82, 2.24) is 10.1 Å². The molecule has 1 aromatic rings. The van der Waals surface area contributed by atoms with Crippen molar-refractivity contribution in [3.8, 4) is 0 Å². The fourth-order valence-electron chi connectivity index (χ4n) is 3.06. The Morgan fingerprint density at radius 1 is 1.30 bits per heavy atom. The number of methoxy groups -OCH3 is 1. The standard InChI is InChI=1S/C15H27N3O2/c1-10(2)11-4-6-12(7-5-11)15-17-14(20-18-15)8-13(16)9-19-3/h10-13H,4-9,16H2,1-3H3. The lowest BCUT2D eigenvalue weighted by molar-refractivity contribution is 0.176. The smallest absolute Gasteiger partial charge is 0.228 e. The molecule has 1 unspecified atom stereocenters. The predicted octanol–water partition coefficient (Wildman–Crippen LogP) is 2.52. The van der Waals surface area contributed by atoms with Crippen LogP contribution in [0.1, 0.15) is 57.2 Å². The van der Waals surface area contributed by atoms with Crippen LogP contribution in [0.25, 0.3) is 0 Å². The third-order valence-electron chi connectivity index (χ3n) is 4.38. The summed E-state index contributed by atoms with van der Waals surface area (Å²) in [5, 5.41) is 4.14. The highest BCUT2D eigenvalue weighted by Crippen LogP contribution is 2.37. The molecule has 0 saturated heterocycles. The Kier molecular flexibility index (Phi) is 5.54. The van der Waals surface area contributed by atoms with Gasteiger partial charge in [-0.1, -0.05) is 19.0 Å². The number of nitrogens with two attached hydrogens (primary N) is 1. The van der Waals surface area contributed by atoms with Gasteiger partial charge in [0.15, 0.2) is 5.82 Å². The van der Waals surface area contributed by atoms with Crippen molar-refractivity contribution >= 4 is 0 Å². The van der Waals surface area contributed by atoms with Crippen LogP contribution in [-0.4, -0.2) is 29.9 Å². The van der Waals surface area contributed by atoms with Gasteiger partial charge >= 0.3 is 0 Å². The fourth-order valence-corrected chi connectivity index (χ4v) is 3.06. The normalized spacial score (nSPS) is 25.1. The van der Waals surface area contributed by atoms with Crippen LogP contribution in [0, 0.1) is 11.8 Å². The maximum absolute atomic E-state index is 5.90. The fraction of sp³-hybridized carbons (Fsp3) is 0.867. The van der Waals surface area contributed by atoms with E-state index in [4.69, 9.17) is 15.0 Å². The lowest BCUT2D eigenvalue weighted by Crippen LogP contribution is -2.28. The second-order valence-corrected chi connectivity index (χ2v) is 6.32. The van der Waals surface area contributed by atoms with Crippen LogP contribution < -0.4 is 5.73 Å². The van der Waals surface area contributed by atoms with Crippen molar-refractivity contribution < 1.29 is 9.26 Å². The molecular weight excluding hydrogens is 254 g/mol. The molecule has 5 nitrogen and oxygen atoms in total. The Morgan fingerprint density at radius 2 is 2.00 bits per heavy atom. The third-order valence-corrected chi connectivity index (χ3v) is 4.38. The van der Waals surface area contributed by atoms with E-state index in [-0.39, 0.29) is 6.04 Å². The zero-order valence-electron chi connectivity index (χ0n) is 12.8. The van der Waals surface area contributed by atoms with E-state index in [0.29, 0.717) is 24.8 Å². The molecule has 0 spiro atoms. The maximum atomic E-state index is 5.90. The van der Waals surface area contributed by atoms with Crippen LogP contribution in [0.5, 0.6) is 0 Å². The number of hydrogen-bond donors (Lipinski definition) is 1. The summed E-state index contributed by atoms with van der Waals surface area (Å²) in [5.74, 6) is 3.60. The topological polar surface area (TPSA) is 74.2 Å². The highest BCUT2D eigenvalue weighted by molar-refractivity contribution is 4.98. The first-order valence-corrected chi connectivity index (χ1v) is 7.67. The Morgan fingerprint density at radius 3 is 2.60 bits per heavy atom. The van der Waals surface area contributed by atoms with Gasteiger partial charge in [-0.15, -0.1) is 0 Å². The van der Waals surface area contributed by atoms with Gasteiger partial charge in [0.2, 0.25) is 5.89 Å². The van der Waals surface area contributed by atoms with Crippen LogP contribution in [0.2, 0.25) is 0 Å². The molecule has 1 atom stereocenters. The zero-order valence-corrected chi connectivity index (χ0v) is 12.8. The molecule has 114 valence electrons. The molecule has 0 amide bonds. The number of nitrogens with zero attached hydrogens (tertiary/aromatic N) is 2. The van der Waals surface area contributed by atoms with E-state index in [1.165, 1.54) is 25.7 Å². The second-order valence-electron chi connectivity index (χ2n) is 6.32. The van der Waals surface area contributed by atoms with E-state index in [2.05, 4.69) is 24.0 Å². The molecule has 1 saturated carbocycles. The zero-order chi connectivity index (χ0) is 14.5. The van der Waals surface area contributed by atoms with Crippen LogP contribution in [0.3, 0.4) is 0 Å². The van der Waals surface area contributed by atoms with Gasteiger partial charge in [-0.3, -0.25) is 0 Å². The molecule has 5 heteroatoms. The van der Waals surface area contributed by atoms with Gasteiger partial charge in [-0.25, -0.2) is 0 Å². The van der Waals surface area contributed by atoms with Gasteiger partial charge in [0.05, 0.1) is 6.61 Å². The summed E-state index contributed by atoms with van der Waals surface area (Å²) in [5.41, 5.74) is 5.90. The minimum Gasteiger partial charge on any atom is -0.383 e. The van der Waals surface area contributed by atoms with Gasteiger partial charge in [0.25, 0.3) is 0 Å². The largest absolute Gasteiger partial charge is 0.383 e. The molecule has 0 bridgehead atoms. The summed E-state index contributed by atoms with van der Waals surface area (Å²) >= 11 is 0. The molecule has 1 fully saturated rings. The van der Waals surface area contributed by atoms with Gasteiger partial charge in [0.1, 0.15) is 0 Å². The monoisotopic (exact) mass is 281 g/mol. The SMILES string of the molecule is COCC(N)Cc1nc(C2CCC(C(C)C)CC2)no1.